The number of hydrogen-bond acceptors (Lipinski definition) is 3. The number of carboxylic acid groups (broad SMARTS) is 2. The summed E-state index contributed by atoms with van der Waals surface area (Å²) >= 11 is 5.75. The fraction of sp³-hybridized carbons (Fsp3) is 0.286. The molecule has 5 nitrogen and oxygen atoms in total. The third-order valence-electron chi connectivity index (χ3n) is 2.81. The number of rotatable bonds is 7. The molecule has 0 amide bonds. The minimum absolute atomic E-state index is 0.102. The van der Waals surface area contributed by atoms with Gasteiger partial charge in [-0.25, -0.2) is 0 Å². The summed E-state index contributed by atoms with van der Waals surface area (Å²) in [6.07, 6.45) is 3.57. The molecule has 6 heteroatoms. The second-order valence-electron chi connectivity index (χ2n) is 4.41. The van der Waals surface area contributed by atoms with Gasteiger partial charge in [0.25, 0.3) is 0 Å². The van der Waals surface area contributed by atoms with Gasteiger partial charge in [-0.3, -0.25) is 9.59 Å². The Hall–Kier alpha value is -1.85. The van der Waals surface area contributed by atoms with Gasteiger partial charge in [0.1, 0.15) is 6.04 Å². The first-order valence-electron chi connectivity index (χ1n) is 6.03. The maximum absolute atomic E-state index is 11.0. The standard InChI is InChI=1S/C14H16ClNO4/c15-11-6-4-9(5-7-11)2-1-3-10(13(17)18)8-12(16)14(19)20/h1-2,4-7,10,12H,3,8,16H2,(H,17,18)(H,19,20)/b2-1+/t10-,12-/m0/s1. The van der Waals surface area contributed by atoms with Crippen molar-refractivity contribution in [3.63, 3.8) is 0 Å². The lowest BCUT2D eigenvalue weighted by Gasteiger charge is -2.12. The normalized spacial score (nSPS) is 14.1. The molecule has 0 spiro atoms. The summed E-state index contributed by atoms with van der Waals surface area (Å²) in [4.78, 5) is 21.7. The van der Waals surface area contributed by atoms with Gasteiger partial charge in [0, 0.05) is 5.02 Å². The molecule has 0 saturated heterocycles. The quantitative estimate of drug-likeness (QED) is 0.716. The van der Waals surface area contributed by atoms with Crippen molar-refractivity contribution < 1.29 is 19.8 Å². The topological polar surface area (TPSA) is 101 Å². The molecule has 1 rings (SSSR count). The van der Waals surface area contributed by atoms with E-state index in [4.69, 9.17) is 27.5 Å². The van der Waals surface area contributed by atoms with Crippen molar-refractivity contribution in [3.8, 4) is 0 Å². The minimum Gasteiger partial charge on any atom is -0.481 e. The molecule has 1 aromatic carbocycles. The predicted octanol–water partition coefficient (Wildman–Crippen LogP) is 2.25. The van der Waals surface area contributed by atoms with Gasteiger partial charge in [0.15, 0.2) is 0 Å². The second-order valence-corrected chi connectivity index (χ2v) is 4.84. The smallest absolute Gasteiger partial charge is 0.320 e. The molecule has 0 aromatic heterocycles. The molecular formula is C14H16ClNO4. The molecule has 0 aliphatic carbocycles. The molecule has 4 N–H and O–H groups in total. The molecule has 0 radical (unpaired) electrons. The van der Waals surface area contributed by atoms with Crippen LogP contribution in [0.4, 0.5) is 0 Å². The molecule has 0 unspecified atom stereocenters. The van der Waals surface area contributed by atoms with Crippen LogP contribution in [0.1, 0.15) is 18.4 Å². The lowest BCUT2D eigenvalue weighted by atomic mass is 9.96. The highest BCUT2D eigenvalue weighted by Crippen LogP contribution is 2.15. The van der Waals surface area contributed by atoms with Crippen molar-refractivity contribution >= 4 is 29.6 Å². The van der Waals surface area contributed by atoms with Crippen molar-refractivity contribution in [2.45, 2.75) is 18.9 Å². The summed E-state index contributed by atoms with van der Waals surface area (Å²) in [6, 6.07) is 5.90. The van der Waals surface area contributed by atoms with Crippen LogP contribution in [0.3, 0.4) is 0 Å². The zero-order valence-electron chi connectivity index (χ0n) is 10.7. The van der Waals surface area contributed by atoms with Crippen LogP contribution < -0.4 is 5.73 Å². The Morgan fingerprint density at radius 3 is 2.30 bits per heavy atom. The van der Waals surface area contributed by atoms with Crippen molar-refractivity contribution in [1.82, 2.24) is 0 Å². The van der Waals surface area contributed by atoms with Gasteiger partial charge in [0.05, 0.1) is 5.92 Å². The van der Waals surface area contributed by atoms with E-state index in [1.165, 1.54) is 0 Å². The Balaban J connectivity index is 2.60. The zero-order valence-corrected chi connectivity index (χ0v) is 11.5. The maximum Gasteiger partial charge on any atom is 0.320 e. The number of carboxylic acids is 2. The third-order valence-corrected chi connectivity index (χ3v) is 3.06. The highest BCUT2D eigenvalue weighted by molar-refractivity contribution is 6.30. The van der Waals surface area contributed by atoms with Crippen LogP contribution in [0.15, 0.2) is 30.3 Å². The van der Waals surface area contributed by atoms with Gasteiger partial charge in [0.2, 0.25) is 0 Å². The molecule has 0 fully saturated rings. The number of aliphatic carboxylic acids is 2. The van der Waals surface area contributed by atoms with Crippen LogP contribution in [0.2, 0.25) is 5.02 Å². The van der Waals surface area contributed by atoms with E-state index < -0.39 is 23.9 Å². The van der Waals surface area contributed by atoms with Gasteiger partial charge in [-0.15, -0.1) is 0 Å². The van der Waals surface area contributed by atoms with E-state index in [0.29, 0.717) is 5.02 Å². The highest BCUT2D eigenvalue weighted by Gasteiger charge is 2.23. The van der Waals surface area contributed by atoms with Crippen LogP contribution in [0.25, 0.3) is 6.08 Å². The van der Waals surface area contributed by atoms with Crippen molar-refractivity contribution in [2.24, 2.45) is 11.7 Å². The molecule has 1 aromatic rings. The van der Waals surface area contributed by atoms with Gasteiger partial charge >= 0.3 is 11.9 Å². The van der Waals surface area contributed by atoms with Gasteiger partial charge in [-0.2, -0.15) is 0 Å². The summed E-state index contributed by atoms with van der Waals surface area (Å²) in [5.41, 5.74) is 6.24. The van der Waals surface area contributed by atoms with Crippen LogP contribution in [-0.4, -0.2) is 28.2 Å². The van der Waals surface area contributed by atoms with Crippen LogP contribution in [-0.2, 0) is 9.59 Å². The molecule has 0 bridgehead atoms. The monoisotopic (exact) mass is 297 g/mol. The van der Waals surface area contributed by atoms with Gasteiger partial charge < -0.3 is 15.9 Å². The zero-order chi connectivity index (χ0) is 15.1. The number of carbonyl (C=O) groups is 2. The number of allylic oxidation sites excluding steroid dienone is 1. The van der Waals surface area contributed by atoms with E-state index in [1.807, 2.05) is 0 Å². The van der Waals surface area contributed by atoms with Crippen molar-refractivity contribution in [3.05, 3.63) is 40.9 Å². The highest BCUT2D eigenvalue weighted by atomic mass is 35.5. The van der Waals surface area contributed by atoms with Crippen molar-refractivity contribution in [1.29, 1.82) is 0 Å². The number of benzene rings is 1. The molecule has 0 saturated carbocycles. The Morgan fingerprint density at radius 2 is 1.80 bits per heavy atom. The van der Waals surface area contributed by atoms with Crippen LogP contribution >= 0.6 is 11.6 Å². The first kappa shape index (κ1) is 16.2. The van der Waals surface area contributed by atoms with E-state index in [9.17, 15) is 9.59 Å². The van der Waals surface area contributed by atoms with E-state index >= 15 is 0 Å². The molecule has 0 aliphatic rings. The van der Waals surface area contributed by atoms with Gasteiger partial charge in [-0.1, -0.05) is 35.9 Å². The predicted molar refractivity (Wildman–Crippen MR) is 76.5 cm³/mol. The third kappa shape index (κ3) is 5.42. The Labute approximate surface area is 121 Å². The van der Waals surface area contributed by atoms with E-state index in [-0.39, 0.29) is 12.8 Å². The van der Waals surface area contributed by atoms with Crippen molar-refractivity contribution in [2.75, 3.05) is 0 Å². The lowest BCUT2D eigenvalue weighted by molar-refractivity contribution is -0.143. The average molecular weight is 298 g/mol. The summed E-state index contributed by atoms with van der Waals surface area (Å²) in [7, 11) is 0. The second kappa shape index (κ2) is 7.67. The maximum atomic E-state index is 11.0. The largest absolute Gasteiger partial charge is 0.481 e. The SMILES string of the molecule is N[C@@H](C[C@H](C/C=C/c1ccc(Cl)cc1)C(=O)O)C(=O)O. The van der Waals surface area contributed by atoms with Crippen LogP contribution in [0, 0.1) is 5.92 Å². The molecular weight excluding hydrogens is 282 g/mol. The first-order valence-corrected chi connectivity index (χ1v) is 6.41. The van der Waals surface area contributed by atoms with E-state index in [2.05, 4.69) is 0 Å². The Bertz CT molecular complexity index is 498. The summed E-state index contributed by atoms with van der Waals surface area (Å²) in [5, 5.41) is 18.4. The first-order chi connectivity index (χ1) is 9.40. The minimum atomic E-state index is -1.20. The fourth-order valence-corrected chi connectivity index (χ4v) is 1.77. The molecule has 108 valence electrons. The van der Waals surface area contributed by atoms with E-state index in [1.54, 1.807) is 36.4 Å². The van der Waals surface area contributed by atoms with E-state index in [0.717, 1.165) is 5.56 Å². The molecule has 20 heavy (non-hydrogen) atoms. The fourth-order valence-electron chi connectivity index (χ4n) is 1.65. The number of hydrogen-bond donors (Lipinski definition) is 3. The van der Waals surface area contributed by atoms with Crippen LogP contribution in [0.5, 0.6) is 0 Å². The molecule has 0 heterocycles. The molecule has 0 aliphatic heterocycles. The molecule has 2 atom stereocenters. The Kier molecular flexibility index (Phi) is 6.21. The average Bonchev–Trinajstić information content (AvgIpc) is 2.39. The number of nitrogens with two attached hydrogens (primary N) is 1. The summed E-state index contributed by atoms with van der Waals surface area (Å²) < 4.78 is 0. The number of halogens is 1. The Morgan fingerprint density at radius 1 is 1.20 bits per heavy atom. The van der Waals surface area contributed by atoms with Gasteiger partial charge in [-0.05, 0) is 30.5 Å². The summed E-state index contributed by atoms with van der Waals surface area (Å²) in [6.45, 7) is 0. The lowest BCUT2D eigenvalue weighted by Crippen LogP contribution is -2.34. The summed E-state index contributed by atoms with van der Waals surface area (Å²) in [5.74, 6) is -3.06.